The van der Waals surface area contributed by atoms with E-state index in [4.69, 9.17) is 0 Å². The molecule has 0 aliphatic carbocycles. The first-order chi connectivity index (χ1) is 10.0. The molecule has 0 saturated carbocycles. The number of amides is 1. The van der Waals surface area contributed by atoms with Crippen molar-refractivity contribution in [2.45, 2.75) is 19.8 Å². The van der Waals surface area contributed by atoms with E-state index < -0.39 is 5.82 Å². The maximum atomic E-state index is 14.1. The summed E-state index contributed by atoms with van der Waals surface area (Å²) in [5, 5.41) is 2.62. The number of benzene rings is 2. The number of aryl methyl sites for hydroxylation is 2. The van der Waals surface area contributed by atoms with Crippen LogP contribution < -0.4 is 5.32 Å². The van der Waals surface area contributed by atoms with Gasteiger partial charge in [-0.1, -0.05) is 29.8 Å². The van der Waals surface area contributed by atoms with Crippen LogP contribution in [0.2, 0.25) is 0 Å². The molecule has 0 unspecified atom stereocenters. The largest absolute Gasteiger partial charge is 0.326 e. The highest BCUT2D eigenvalue weighted by atomic mass is 19.1. The van der Waals surface area contributed by atoms with Crippen molar-refractivity contribution in [1.29, 1.82) is 0 Å². The molecule has 3 nitrogen and oxygen atoms in total. The molecule has 2 aromatic carbocycles. The Morgan fingerprint density at radius 2 is 1.86 bits per heavy atom. The van der Waals surface area contributed by atoms with Crippen LogP contribution in [0.25, 0.3) is 0 Å². The molecule has 0 spiro atoms. The van der Waals surface area contributed by atoms with Crippen LogP contribution in [0.5, 0.6) is 0 Å². The van der Waals surface area contributed by atoms with Crippen molar-refractivity contribution in [3.63, 3.8) is 0 Å². The Hall–Kier alpha value is -2.49. The van der Waals surface area contributed by atoms with Crippen LogP contribution in [0, 0.1) is 12.7 Å². The van der Waals surface area contributed by atoms with Gasteiger partial charge in [0.05, 0.1) is 5.56 Å². The number of ketones is 1. The first-order valence-corrected chi connectivity index (χ1v) is 6.78. The van der Waals surface area contributed by atoms with Crippen LogP contribution in [0.4, 0.5) is 10.1 Å². The second-order valence-corrected chi connectivity index (χ2v) is 5.23. The van der Waals surface area contributed by atoms with Gasteiger partial charge < -0.3 is 5.32 Å². The van der Waals surface area contributed by atoms with E-state index in [0.717, 1.165) is 11.1 Å². The molecule has 0 atom stereocenters. The van der Waals surface area contributed by atoms with E-state index in [0.29, 0.717) is 24.1 Å². The zero-order valence-electron chi connectivity index (χ0n) is 11.6. The highest BCUT2D eigenvalue weighted by molar-refractivity contribution is 6.09. The molecule has 0 fully saturated rings. The summed E-state index contributed by atoms with van der Waals surface area (Å²) in [7, 11) is 0. The molecule has 3 rings (SSSR count). The summed E-state index contributed by atoms with van der Waals surface area (Å²) in [6.07, 6.45) is 0.881. The third-order valence-electron chi connectivity index (χ3n) is 3.65. The lowest BCUT2D eigenvalue weighted by molar-refractivity contribution is -0.116. The number of halogens is 1. The molecule has 1 N–H and O–H groups in total. The summed E-state index contributed by atoms with van der Waals surface area (Å²) in [4.78, 5) is 23.7. The van der Waals surface area contributed by atoms with Gasteiger partial charge in [-0.2, -0.15) is 0 Å². The van der Waals surface area contributed by atoms with Crippen LogP contribution >= 0.6 is 0 Å². The smallest absolute Gasteiger partial charge is 0.224 e. The predicted molar refractivity (Wildman–Crippen MR) is 78.0 cm³/mol. The van der Waals surface area contributed by atoms with Gasteiger partial charge in [-0.05, 0) is 31.0 Å². The molecule has 1 amide bonds. The van der Waals surface area contributed by atoms with Gasteiger partial charge in [-0.25, -0.2) is 4.39 Å². The fourth-order valence-electron chi connectivity index (χ4n) is 2.44. The van der Waals surface area contributed by atoms with E-state index >= 15 is 0 Å². The van der Waals surface area contributed by atoms with Gasteiger partial charge in [0.25, 0.3) is 0 Å². The SMILES string of the molecule is Cc1ccc(C(=O)c2cc3c(cc2F)NC(=O)CC3)cc1. The fourth-order valence-corrected chi connectivity index (χ4v) is 2.44. The molecule has 2 aromatic rings. The molecule has 0 saturated heterocycles. The number of hydrogen-bond acceptors (Lipinski definition) is 2. The van der Waals surface area contributed by atoms with Crippen molar-refractivity contribution in [2.24, 2.45) is 0 Å². The van der Waals surface area contributed by atoms with Crippen molar-refractivity contribution < 1.29 is 14.0 Å². The minimum absolute atomic E-state index is 0.0498. The van der Waals surface area contributed by atoms with Gasteiger partial charge in [0.2, 0.25) is 5.91 Å². The third kappa shape index (κ3) is 2.57. The molecule has 4 heteroatoms. The average Bonchev–Trinajstić information content (AvgIpc) is 2.46. The summed E-state index contributed by atoms with van der Waals surface area (Å²) >= 11 is 0. The Balaban J connectivity index is 2.01. The maximum Gasteiger partial charge on any atom is 0.224 e. The average molecular weight is 283 g/mol. The zero-order valence-corrected chi connectivity index (χ0v) is 11.6. The summed E-state index contributed by atoms with van der Waals surface area (Å²) in [5.74, 6) is -1.08. The van der Waals surface area contributed by atoms with Gasteiger partial charge in [0, 0.05) is 17.7 Å². The van der Waals surface area contributed by atoms with Crippen LogP contribution in [0.3, 0.4) is 0 Å². The molecular formula is C17H14FNO2. The minimum Gasteiger partial charge on any atom is -0.326 e. The molecule has 1 aliphatic heterocycles. The quantitative estimate of drug-likeness (QED) is 0.860. The highest BCUT2D eigenvalue weighted by Crippen LogP contribution is 2.27. The fraction of sp³-hybridized carbons (Fsp3) is 0.176. The summed E-state index contributed by atoms with van der Waals surface area (Å²) in [6, 6.07) is 9.81. The lowest BCUT2D eigenvalue weighted by Crippen LogP contribution is -2.20. The Morgan fingerprint density at radius 1 is 1.14 bits per heavy atom. The minimum atomic E-state index is -0.610. The van der Waals surface area contributed by atoms with Crippen molar-refractivity contribution >= 4 is 17.4 Å². The Bertz CT molecular complexity index is 735. The highest BCUT2D eigenvalue weighted by Gasteiger charge is 2.21. The van der Waals surface area contributed by atoms with Crippen molar-refractivity contribution in [3.8, 4) is 0 Å². The molecule has 106 valence electrons. The number of rotatable bonds is 2. The van der Waals surface area contributed by atoms with Crippen LogP contribution in [-0.4, -0.2) is 11.7 Å². The number of carbonyl (C=O) groups is 2. The summed E-state index contributed by atoms with van der Waals surface area (Å²) < 4.78 is 14.1. The number of fused-ring (bicyclic) bond motifs is 1. The van der Waals surface area contributed by atoms with E-state index in [-0.39, 0.29) is 17.3 Å². The van der Waals surface area contributed by atoms with E-state index in [1.807, 2.05) is 19.1 Å². The predicted octanol–water partition coefficient (Wildman–Crippen LogP) is 3.25. The first-order valence-electron chi connectivity index (χ1n) is 6.78. The lowest BCUT2D eigenvalue weighted by atomic mass is 9.95. The topological polar surface area (TPSA) is 46.2 Å². The van der Waals surface area contributed by atoms with Gasteiger partial charge >= 0.3 is 0 Å². The van der Waals surface area contributed by atoms with Gasteiger partial charge in [0.15, 0.2) is 5.78 Å². The van der Waals surface area contributed by atoms with E-state index in [9.17, 15) is 14.0 Å². The Kier molecular flexibility index (Phi) is 3.29. The number of carbonyl (C=O) groups excluding carboxylic acids is 2. The van der Waals surface area contributed by atoms with Crippen molar-refractivity contribution in [1.82, 2.24) is 0 Å². The Labute approximate surface area is 121 Å². The molecule has 1 heterocycles. The first kappa shape index (κ1) is 13.5. The van der Waals surface area contributed by atoms with Crippen LogP contribution in [-0.2, 0) is 11.2 Å². The van der Waals surface area contributed by atoms with E-state index in [1.54, 1.807) is 18.2 Å². The standard InChI is InChI=1S/C17H14FNO2/c1-10-2-4-11(5-3-10)17(21)13-8-12-6-7-16(20)19-15(12)9-14(13)18/h2-5,8-9H,6-7H2,1H3,(H,19,20). The molecule has 0 aromatic heterocycles. The summed E-state index contributed by atoms with van der Waals surface area (Å²) in [6.45, 7) is 1.93. The van der Waals surface area contributed by atoms with Gasteiger partial charge in [-0.15, -0.1) is 0 Å². The number of anilines is 1. The number of nitrogens with one attached hydrogen (secondary N) is 1. The van der Waals surface area contributed by atoms with Crippen molar-refractivity contribution in [3.05, 3.63) is 64.5 Å². The van der Waals surface area contributed by atoms with Gasteiger partial charge in [-0.3, -0.25) is 9.59 Å². The molecule has 0 radical (unpaired) electrons. The molecule has 21 heavy (non-hydrogen) atoms. The van der Waals surface area contributed by atoms with Crippen LogP contribution in [0.15, 0.2) is 36.4 Å². The molecule has 0 bridgehead atoms. The van der Waals surface area contributed by atoms with Crippen LogP contribution in [0.1, 0.15) is 33.5 Å². The Morgan fingerprint density at radius 3 is 2.57 bits per heavy atom. The lowest BCUT2D eigenvalue weighted by Gasteiger charge is -2.18. The molecule has 1 aliphatic rings. The second kappa shape index (κ2) is 5.13. The second-order valence-electron chi connectivity index (χ2n) is 5.23. The van der Waals surface area contributed by atoms with Crippen molar-refractivity contribution in [2.75, 3.05) is 5.32 Å². The normalized spacial score (nSPS) is 13.5. The maximum absolute atomic E-state index is 14.1. The van der Waals surface area contributed by atoms with E-state index in [2.05, 4.69) is 5.32 Å². The zero-order chi connectivity index (χ0) is 15.0. The van der Waals surface area contributed by atoms with E-state index in [1.165, 1.54) is 6.07 Å². The monoisotopic (exact) mass is 283 g/mol. The third-order valence-corrected chi connectivity index (χ3v) is 3.65. The number of hydrogen-bond donors (Lipinski definition) is 1. The molecular weight excluding hydrogens is 269 g/mol. The van der Waals surface area contributed by atoms with Gasteiger partial charge in [0.1, 0.15) is 5.82 Å². The summed E-state index contributed by atoms with van der Waals surface area (Å²) in [5.41, 5.74) is 2.81.